The minimum absolute atomic E-state index is 0.00174. The van der Waals surface area contributed by atoms with Crippen LogP contribution in [-0.2, 0) is 0 Å². The van der Waals surface area contributed by atoms with Crippen molar-refractivity contribution in [1.29, 1.82) is 0 Å². The van der Waals surface area contributed by atoms with Crippen molar-refractivity contribution >= 4 is 15.9 Å². The number of alkyl halides is 1. The van der Waals surface area contributed by atoms with Crippen LogP contribution in [0.1, 0.15) is 27.7 Å². The highest BCUT2D eigenvalue weighted by atomic mass is 79.9. The molecular formula is C9H13Br. The first-order valence-corrected chi connectivity index (χ1v) is 3.77. The van der Waals surface area contributed by atoms with Crippen LogP contribution in [0.25, 0.3) is 0 Å². The molecule has 0 saturated heterocycles. The van der Waals surface area contributed by atoms with Crippen molar-refractivity contribution in [3.63, 3.8) is 0 Å². The summed E-state index contributed by atoms with van der Waals surface area (Å²) in [7, 11) is 0. The molecule has 10 heavy (non-hydrogen) atoms. The van der Waals surface area contributed by atoms with E-state index >= 15 is 0 Å². The van der Waals surface area contributed by atoms with E-state index in [2.05, 4.69) is 40.1 Å². The molecule has 0 aliphatic rings. The first-order valence-electron chi connectivity index (χ1n) is 2.98. The molecule has 56 valence electrons. The molecule has 0 aromatic rings. The Bertz CT molecular complexity index is 156. The SMILES string of the molecule is C#CC.CC#CC(C)(C)Br. The van der Waals surface area contributed by atoms with Crippen molar-refractivity contribution in [2.45, 2.75) is 32.0 Å². The summed E-state index contributed by atoms with van der Waals surface area (Å²) in [4.78, 5) is 0. The Morgan fingerprint density at radius 1 is 1.30 bits per heavy atom. The number of terminal acetylenes is 1. The molecule has 0 bridgehead atoms. The van der Waals surface area contributed by atoms with Crippen molar-refractivity contribution in [3.8, 4) is 24.2 Å². The average molecular weight is 201 g/mol. The van der Waals surface area contributed by atoms with E-state index in [1.165, 1.54) is 0 Å². The summed E-state index contributed by atoms with van der Waals surface area (Å²) in [6.45, 7) is 7.52. The summed E-state index contributed by atoms with van der Waals surface area (Å²) in [5, 5.41) is 0. The molecule has 0 aliphatic heterocycles. The van der Waals surface area contributed by atoms with Gasteiger partial charge < -0.3 is 0 Å². The zero-order valence-corrected chi connectivity index (χ0v) is 8.54. The van der Waals surface area contributed by atoms with Gasteiger partial charge in [0.15, 0.2) is 0 Å². The largest absolute Gasteiger partial charge is 0.120 e. The van der Waals surface area contributed by atoms with Crippen LogP contribution in [0.2, 0.25) is 0 Å². The third-order valence-electron chi connectivity index (χ3n) is 0.422. The van der Waals surface area contributed by atoms with Gasteiger partial charge in [-0.1, -0.05) is 21.9 Å². The summed E-state index contributed by atoms with van der Waals surface area (Å²) in [6.07, 6.45) is 4.60. The molecule has 0 fully saturated rings. The maximum atomic E-state index is 4.60. The van der Waals surface area contributed by atoms with Crippen molar-refractivity contribution in [2.75, 3.05) is 0 Å². The van der Waals surface area contributed by atoms with E-state index in [0.29, 0.717) is 0 Å². The minimum atomic E-state index is 0.00174. The molecule has 0 aliphatic carbocycles. The predicted octanol–water partition coefficient (Wildman–Crippen LogP) is 2.82. The molecule has 0 spiro atoms. The van der Waals surface area contributed by atoms with Gasteiger partial charge >= 0.3 is 0 Å². The van der Waals surface area contributed by atoms with Crippen LogP contribution in [0.5, 0.6) is 0 Å². The topological polar surface area (TPSA) is 0 Å². The fraction of sp³-hybridized carbons (Fsp3) is 0.556. The fourth-order valence-corrected chi connectivity index (χ4v) is 0.495. The second-order valence-electron chi connectivity index (χ2n) is 2.14. The maximum Gasteiger partial charge on any atom is 0.0806 e. The smallest absolute Gasteiger partial charge is 0.0806 e. The molecule has 0 aromatic heterocycles. The highest BCUT2D eigenvalue weighted by Gasteiger charge is 2.04. The van der Waals surface area contributed by atoms with Gasteiger partial charge in [-0.2, -0.15) is 0 Å². The summed E-state index contributed by atoms with van der Waals surface area (Å²) in [6, 6.07) is 0. The van der Waals surface area contributed by atoms with Crippen LogP contribution in [0.15, 0.2) is 0 Å². The number of rotatable bonds is 0. The van der Waals surface area contributed by atoms with E-state index in [1.807, 2.05) is 20.8 Å². The Labute approximate surface area is 72.5 Å². The lowest BCUT2D eigenvalue weighted by atomic mass is 10.2. The predicted molar refractivity (Wildman–Crippen MR) is 51.0 cm³/mol. The van der Waals surface area contributed by atoms with Gasteiger partial charge in [-0.25, -0.2) is 0 Å². The summed E-state index contributed by atoms with van der Waals surface area (Å²) in [5.74, 6) is 8.01. The van der Waals surface area contributed by atoms with Gasteiger partial charge in [0.25, 0.3) is 0 Å². The third kappa shape index (κ3) is 25.5. The molecule has 0 saturated carbocycles. The molecule has 0 atom stereocenters. The quantitative estimate of drug-likeness (QED) is 0.417. The van der Waals surface area contributed by atoms with Gasteiger partial charge in [-0.15, -0.1) is 18.3 Å². The lowest BCUT2D eigenvalue weighted by Crippen LogP contribution is -2.02. The molecule has 0 nitrogen and oxygen atoms in total. The molecule has 0 amide bonds. The van der Waals surface area contributed by atoms with Crippen LogP contribution < -0.4 is 0 Å². The first-order chi connectivity index (χ1) is 4.47. The molecule has 0 N–H and O–H groups in total. The van der Waals surface area contributed by atoms with Crippen molar-refractivity contribution in [1.82, 2.24) is 0 Å². The molecule has 0 unspecified atom stereocenters. The van der Waals surface area contributed by atoms with Crippen LogP contribution >= 0.6 is 15.9 Å². The van der Waals surface area contributed by atoms with E-state index in [0.717, 1.165) is 0 Å². The number of hydrogen-bond donors (Lipinski definition) is 0. The second kappa shape index (κ2) is 6.72. The summed E-state index contributed by atoms with van der Waals surface area (Å²) in [5.41, 5.74) is 0. The Morgan fingerprint density at radius 3 is 1.60 bits per heavy atom. The monoisotopic (exact) mass is 200 g/mol. The zero-order chi connectivity index (χ0) is 8.62. The van der Waals surface area contributed by atoms with Crippen LogP contribution in [0.3, 0.4) is 0 Å². The highest BCUT2D eigenvalue weighted by Crippen LogP contribution is 2.12. The van der Waals surface area contributed by atoms with Crippen molar-refractivity contribution < 1.29 is 0 Å². The van der Waals surface area contributed by atoms with Gasteiger partial charge in [-0.3, -0.25) is 0 Å². The zero-order valence-electron chi connectivity index (χ0n) is 6.96. The van der Waals surface area contributed by atoms with Crippen molar-refractivity contribution in [2.24, 2.45) is 0 Å². The number of halogens is 1. The minimum Gasteiger partial charge on any atom is -0.120 e. The van der Waals surface area contributed by atoms with Crippen LogP contribution in [-0.4, -0.2) is 4.32 Å². The van der Waals surface area contributed by atoms with Crippen molar-refractivity contribution in [3.05, 3.63) is 0 Å². The summed E-state index contributed by atoms with van der Waals surface area (Å²) < 4.78 is 0.00174. The van der Waals surface area contributed by atoms with Gasteiger partial charge in [0.05, 0.1) is 4.32 Å². The Hall–Kier alpha value is -0.400. The lowest BCUT2D eigenvalue weighted by molar-refractivity contribution is 0.956. The molecule has 0 aromatic carbocycles. The van der Waals surface area contributed by atoms with E-state index in [9.17, 15) is 0 Å². The second-order valence-corrected chi connectivity index (χ2v) is 4.12. The third-order valence-corrected chi connectivity index (χ3v) is 0.620. The molecule has 0 heterocycles. The van der Waals surface area contributed by atoms with Gasteiger partial charge in [0.2, 0.25) is 0 Å². The van der Waals surface area contributed by atoms with E-state index in [4.69, 9.17) is 0 Å². The van der Waals surface area contributed by atoms with E-state index < -0.39 is 0 Å². The number of hydrogen-bond acceptors (Lipinski definition) is 0. The summed E-state index contributed by atoms with van der Waals surface area (Å²) >= 11 is 3.37. The fourth-order valence-electron chi connectivity index (χ4n) is 0.297. The lowest BCUT2D eigenvalue weighted by Gasteiger charge is -2.02. The van der Waals surface area contributed by atoms with Crippen LogP contribution in [0, 0.1) is 24.2 Å². The molecule has 1 heteroatoms. The Balaban J connectivity index is 0. The standard InChI is InChI=1S/C6H9Br.C3H4/c1-4-5-6(2,3)7;1-3-2/h1-3H3;1H,2H3. The first kappa shape index (κ1) is 12.3. The molecule has 0 radical (unpaired) electrons. The highest BCUT2D eigenvalue weighted by molar-refractivity contribution is 9.10. The Morgan fingerprint density at radius 2 is 1.60 bits per heavy atom. The maximum absolute atomic E-state index is 4.60. The van der Waals surface area contributed by atoms with Gasteiger partial charge in [0, 0.05) is 0 Å². The van der Waals surface area contributed by atoms with E-state index in [-0.39, 0.29) is 4.32 Å². The Kier molecular flexibility index (Phi) is 8.26. The van der Waals surface area contributed by atoms with E-state index in [1.54, 1.807) is 6.92 Å². The molecular weight excluding hydrogens is 188 g/mol. The van der Waals surface area contributed by atoms with Crippen LogP contribution in [0.4, 0.5) is 0 Å². The normalized spacial score (nSPS) is 7.60. The average Bonchev–Trinajstić information content (AvgIpc) is 1.63. The van der Waals surface area contributed by atoms with Gasteiger partial charge in [0.1, 0.15) is 0 Å². The molecule has 0 rings (SSSR count). The van der Waals surface area contributed by atoms with Gasteiger partial charge in [-0.05, 0) is 27.7 Å².